The van der Waals surface area contributed by atoms with Gasteiger partial charge in [0, 0.05) is 23.2 Å². The van der Waals surface area contributed by atoms with Crippen molar-refractivity contribution in [2.24, 2.45) is 5.41 Å². The highest BCUT2D eigenvalue weighted by Crippen LogP contribution is 2.37. The number of hydrogen-bond acceptors (Lipinski definition) is 3. The lowest BCUT2D eigenvalue weighted by Gasteiger charge is -2.35. The number of nitrogens with one attached hydrogen (secondary N) is 1. The second-order valence-electron chi connectivity index (χ2n) is 4.84. The van der Waals surface area contributed by atoms with Crippen LogP contribution in [-0.4, -0.2) is 17.4 Å². The molecular weight excluding hydrogens is 240 g/mol. The van der Waals surface area contributed by atoms with Crippen LogP contribution in [0.1, 0.15) is 37.8 Å². The molecule has 1 N–H and O–H groups in total. The van der Waals surface area contributed by atoms with Crippen LogP contribution in [0.3, 0.4) is 0 Å². The minimum atomic E-state index is 0.305. The number of alkyl halides is 1. The number of halogens is 1. The molecule has 90 valence electrons. The van der Waals surface area contributed by atoms with Gasteiger partial charge in [0.05, 0.1) is 5.69 Å². The van der Waals surface area contributed by atoms with Crippen molar-refractivity contribution < 1.29 is 0 Å². The fourth-order valence-corrected chi connectivity index (χ4v) is 3.41. The Morgan fingerprint density at radius 1 is 1.44 bits per heavy atom. The zero-order valence-corrected chi connectivity index (χ0v) is 11.3. The van der Waals surface area contributed by atoms with Gasteiger partial charge in [-0.15, -0.1) is 22.9 Å². The summed E-state index contributed by atoms with van der Waals surface area (Å²) >= 11 is 7.83. The van der Waals surface area contributed by atoms with Crippen molar-refractivity contribution in [2.45, 2.75) is 39.0 Å². The van der Waals surface area contributed by atoms with Gasteiger partial charge in [0.15, 0.2) is 5.13 Å². The summed E-state index contributed by atoms with van der Waals surface area (Å²) in [6.07, 6.45) is 6.54. The summed E-state index contributed by atoms with van der Waals surface area (Å²) in [5, 5.41) is 6.56. The van der Waals surface area contributed by atoms with E-state index in [9.17, 15) is 0 Å². The number of aromatic nitrogens is 1. The highest BCUT2D eigenvalue weighted by atomic mass is 35.5. The molecule has 2 rings (SSSR count). The van der Waals surface area contributed by atoms with Gasteiger partial charge in [-0.2, -0.15) is 0 Å². The van der Waals surface area contributed by atoms with Gasteiger partial charge >= 0.3 is 0 Å². The molecular formula is C12H19ClN2S. The van der Waals surface area contributed by atoms with Gasteiger partial charge in [-0.1, -0.05) is 19.3 Å². The quantitative estimate of drug-likeness (QED) is 0.824. The van der Waals surface area contributed by atoms with E-state index in [0.29, 0.717) is 5.41 Å². The van der Waals surface area contributed by atoms with Crippen LogP contribution in [0.25, 0.3) is 0 Å². The zero-order chi connectivity index (χ0) is 11.4. The maximum atomic E-state index is 6.15. The van der Waals surface area contributed by atoms with Gasteiger partial charge in [0.1, 0.15) is 0 Å². The van der Waals surface area contributed by atoms with E-state index in [0.717, 1.165) is 23.3 Å². The van der Waals surface area contributed by atoms with Crippen molar-refractivity contribution in [3.8, 4) is 0 Å². The highest BCUT2D eigenvalue weighted by molar-refractivity contribution is 7.13. The number of rotatable bonds is 4. The molecule has 0 aliphatic heterocycles. The van der Waals surface area contributed by atoms with Crippen LogP contribution < -0.4 is 5.32 Å². The minimum absolute atomic E-state index is 0.305. The van der Waals surface area contributed by atoms with Crippen LogP contribution >= 0.6 is 22.9 Å². The molecule has 0 radical (unpaired) electrons. The molecule has 1 saturated carbocycles. The van der Waals surface area contributed by atoms with E-state index < -0.39 is 0 Å². The molecule has 4 heteroatoms. The normalized spacial score (nSPS) is 19.6. The Balaban J connectivity index is 1.91. The highest BCUT2D eigenvalue weighted by Gasteiger charge is 2.31. The summed E-state index contributed by atoms with van der Waals surface area (Å²) < 4.78 is 0. The van der Waals surface area contributed by atoms with Gasteiger partial charge in [0.25, 0.3) is 0 Å². The van der Waals surface area contributed by atoms with Crippen molar-refractivity contribution in [1.29, 1.82) is 0 Å². The lowest BCUT2D eigenvalue weighted by molar-refractivity contribution is 0.238. The first-order chi connectivity index (χ1) is 7.74. The van der Waals surface area contributed by atoms with E-state index in [1.165, 1.54) is 32.1 Å². The van der Waals surface area contributed by atoms with Gasteiger partial charge in [-0.05, 0) is 19.8 Å². The maximum Gasteiger partial charge on any atom is 0.182 e. The zero-order valence-electron chi connectivity index (χ0n) is 9.76. The van der Waals surface area contributed by atoms with Crippen LogP contribution in [0.2, 0.25) is 0 Å². The van der Waals surface area contributed by atoms with Crippen molar-refractivity contribution >= 4 is 28.1 Å². The molecule has 1 aromatic heterocycles. The maximum absolute atomic E-state index is 6.15. The van der Waals surface area contributed by atoms with Crippen molar-refractivity contribution in [2.75, 3.05) is 17.7 Å². The Hall–Kier alpha value is -0.280. The number of thiazole rings is 1. The summed E-state index contributed by atoms with van der Waals surface area (Å²) in [6, 6.07) is 0. The molecule has 0 saturated heterocycles. The SMILES string of the molecule is Cc1csc(NCC2(CCl)CCCCC2)n1. The van der Waals surface area contributed by atoms with Crippen LogP contribution in [-0.2, 0) is 0 Å². The fraction of sp³-hybridized carbons (Fsp3) is 0.750. The smallest absolute Gasteiger partial charge is 0.182 e. The molecule has 1 heterocycles. The third-order valence-electron chi connectivity index (χ3n) is 3.43. The van der Waals surface area contributed by atoms with Gasteiger partial charge < -0.3 is 5.32 Å². The van der Waals surface area contributed by atoms with Crippen LogP contribution in [0.4, 0.5) is 5.13 Å². The molecule has 0 unspecified atom stereocenters. The summed E-state index contributed by atoms with van der Waals surface area (Å²) in [5.74, 6) is 0.768. The molecule has 1 aliphatic rings. The van der Waals surface area contributed by atoms with Crippen LogP contribution in [0.5, 0.6) is 0 Å². The molecule has 0 aromatic carbocycles. The fourth-order valence-electron chi connectivity index (χ4n) is 2.36. The first-order valence-corrected chi connectivity index (χ1v) is 7.37. The molecule has 0 atom stereocenters. The van der Waals surface area contributed by atoms with Crippen molar-refractivity contribution in [3.05, 3.63) is 11.1 Å². The average molecular weight is 259 g/mol. The predicted octanol–water partition coefficient (Wildman–Crippen LogP) is 4.05. The van der Waals surface area contributed by atoms with E-state index in [-0.39, 0.29) is 0 Å². The van der Waals surface area contributed by atoms with E-state index >= 15 is 0 Å². The molecule has 16 heavy (non-hydrogen) atoms. The Bertz CT molecular complexity index is 332. The lowest BCUT2D eigenvalue weighted by Crippen LogP contribution is -2.33. The molecule has 1 fully saturated rings. The molecule has 2 nitrogen and oxygen atoms in total. The first kappa shape index (κ1) is 12.2. The third-order valence-corrected chi connectivity index (χ3v) is 4.92. The van der Waals surface area contributed by atoms with Crippen LogP contribution in [0, 0.1) is 12.3 Å². The molecule has 0 amide bonds. The van der Waals surface area contributed by atoms with E-state index in [1.54, 1.807) is 11.3 Å². The van der Waals surface area contributed by atoms with E-state index in [1.807, 2.05) is 6.92 Å². The predicted molar refractivity (Wildman–Crippen MR) is 71.6 cm³/mol. The second-order valence-corrected chi connectivity index (χ2v) is 5.97. The van der Waals surface area contributed by atoms with Gasteiger partial charge in [0.2, 0.25) is 0 Å². The first-order valence-electron chi connectivity index (χ1n) is 5.96. The number of aryl methyl sites for hydroxylation is 1. The van der Waals surface area contributed by atoms with Crippen LogP contribution in [0.15, 0.2) is 5.38 Å². The Morgan fingerprint density at radius 3 is 2.75 bits per heavy atom. The number of nitrogens with zero attached hydrogens (tertiary/aromatic N) is 1. The molecule has 0 spiro atoms. The Labute approximate surface area is 106 Å². The third kappa shape index (κ3) is 2.89. The Morgan fingerprint density at radius 2 is 2.19 bits per heavy atom. The minimum Gasteiger partial charge on any atom is -0.361 e. The number of hydrogen-bond donors (Lipinski definition) is 1. The summed E-state index contributed by atoms with van der Waals surface area (Å²) in [6.45, 7) is 3.00. The van der Waals surface area contributed by atoms with E-state index in [2.05, 4.69) is 15.7 Å². The largest absolute Gasteiger partial charge is 0.361 e. The summed E-state index contributed by atoms with van der Waals surface area (Å²) in [4.78, 5) is 4.42. The molecule has 1 aromatic rings. The average Bonchev–Trinajstić information content (AvgIpc) is 2.74. The van der Waals surface area contributed by atoms with Crippen molar-refractivity contribution in [3.63, 3.8) is 0 Å². The van der Waals surface area contributed by atoms with Gasteiger partial charge in [-0.3, -0.25) is 0 Å². The van der Waals surface area contributed by atoms with E-state index in [4.69, 9.17) is 11.6 Å². The van der Waals surface area contributed by atoms with Crippen molar-refractivity contribution in [1.82, 2.24) is 4.98 Å². The summed E-state index contributed by atoms with van der Waals surface area (Å²) in [7, 11) is 0. The standard InChI is InChI=1S/C12H19ClN2S/c1-10-7-16-11(15-10)14-9-12(8-13)5-3-2-4-6-12/h7H,2-6,8-9H2,1H3,(H,14,15). The lowest BCUT2D eigenvalue weighted by atomic mass is 9.75. The molecule has 1 aliphatic carbocycles. The Kier molecular flexibility index (Phi) is 4.09. The topological polar surface area (TPSA) is 24.9 Å². The second kappa shape index (κ2) is 5.37. The molecule has 0 bridgehead atoms. The monoisotopic (exact) mass is 258 g/mol. The van der Waals surface area contributed by atoms with Gasteiger partial charge in [-0.25, -0.2) is 4.98 Å². The summed E-state index contributed by atoms with van der Waals surface area (Å²) in [5.41, 5.74) is 1.40. The number of anilines is 1.